The molecule has 14 heteroatoms. The highest BCUT2D eigenvalue weighted by Gasteiger charge is 2.76. The predicted molar refractivity (Wildman–Crippen MR) is 164 cm³/mol. The topological polar surface area (TPSA) is 199 Å². The number of hydrogen-bond acceptors (Lipinski definition) is 10. The highest BCUT2D eigenvalue weighted by atomic mass is 19.1. The number of nitrogens with zero attached hydrogens (tertiary/aromatic N) is 2. The molecule has 0 saturated heterocycles. The number of urea groups is 1. The fourth-order valence-corrected chi connectivity index (χ4v) is 8.11. The molecule has 0 aromatic heterocycles. The third kappa shape index (κ3) is 4.49. The highest BCUT2D eigenvalue weighted by molar-refractivity contribution is 6.33. The van der Waals surface area contributed by atoms with E-state index in [9.17, 15) is 43.4 Å². The van der Waals surface area contributed by atoms with Gasteiger partial charge in [0.15, 0.2) is 34.7 Å². The van der Waals surface area contributed by atoms with Crippen LogP contribution in [0.25, 0.3) is 0 Å². The molecule has 244 valence electrons. The zero-order valence-corrected chi connectivity index (χ0v) is 26.2. The second-order valence-electron chi connectivity index (χ2n) is 13.4. The SMILES string of the molecule is CN(C)c1cc(NC(=O)Nc2cccc(F)c2)c(O)c2c1C[C@@]1(C)C[C@@]3(C)[C@H](N(C)C)C(=O)C(C(N)=O)C(=O)[C@@]3(O)C(=O)C1C2=O. The maximum Gasteiger partial charge on any atom is 0.323 e. The number of phenolic OH excluding ortho intramolecular Hbond substituents is 1. The Hall–Kier alpha value is -4.69. The van der Waals surface area contributed by atoms with Gasteiger partial charge in [0.2, 0.25) is 5.91 Å². The van der Waals surface area contributed by atoms with Gasteiger partial charge in [0.05, 0.1) is 23.2 Å². The van der Waals surface area contributed by atoms with Crippen LogP contribution in [-0.4, -0.2) is 90.0 Å². The molecule has 2 unspecified atom stereocenters. The first-order valence-corrected chi connectivity index (χ1v) is 14.5. The maximum absolute atomic E-state index is 14.4. The van der Waals surface area contributed by atoms with Crippen LogP contribution in [0.5, 0.6) is 5.75 Å². The van der Waals surface area contributed by atoms with Crippen LogP contribution in [0.2, 0.25) is 0 Å². The number of fused-ring (bicyclic) bond motifs is 3. The molecule has 5 rings (SSSR count). The van der Waals surface area contributed by atoms with Crippen molar-refractivity contribution < 1.29 is 43.4 Å². The van der Waals surface area contributed by atoms with Gasteiger partial charge < -0.3 is 31.5 Å². The summed E-state index contributed by atoms with van der Waals surface area (Å²) < 4.78 is 13.6. The Morgan fingerprint density at radius 3 is 2.24 bits per heavy atom. The van der Waals surface area contributed by atoms with Gasteiger partial charge >= 0.3 is 6.03 Å². The van der Waals surface area contributed by atoms with Crippen molar-refractivity contribution in [2.45, 2.75) is 38.3 Å². The minimum Gasteiger partial charge on any atom is -0.505 e. The van der Waals surface area contributed by atoms with Crippen molar-refractivity contribution in [3.05, 3.63) is 47.3 Å². The van der Waals surface area contributed by atoms with Crippen molar-refractivity contribution in [2.24, 2.45) is 28.4 Å². The summed E-state index contributed by atoms with van der Waals surface area (Å²) >= 11 is 0. The molecule has 0 spiro atoms. The lowest BCUT2D eigenvalue weighted by Gasteiger charge is -2.61. The number of phenols is 1. The molecule has 2 aromatic carbocycles. The quantitative estimate of drug-likeness (QED) is 0.236. The number of likely N-dealkylation sites (N-methyl/N-ethyl adjacent to an activating group) is 1. The minimum atomic E-state index is -2.94. The first-order chi connectivity index (χ1) is 21.3. The lowest BCUT2D eigenvalue weighted by atomic mass is 9.42. The van der Waals surface area contributed by atoms with Crippen LogP contribution in [0, 0.1) is 28.5 Å². The van der Waals surface area contributed by atoms with Crippen LogP contribution in [-0.2, 0) is 25.6 Å². The summed E-state index contributed by atoms with van der Waals surface area (Å²) in [6.07, 6.45) is -0.150. The van der Waals surface area contributed by atoms with E-state index in [-0.39, 0.29) is 29.8 Å². The number of Topliss-reactive ketones (excluding diaryl/α,β-unsaturated/α-hetero) is 4. The number of anilines is 3. The monoisotopic (exact) mass is 637 g/mol. The molecule has 2 aromatic rings. The molecule has 2 saturated carbocycles. The zero-order chi connectivity index (χ0) is 34.3. The molecule has 2 fully saturated rings. The van der Waals surface area contributed by atoms with E-state index in [1.54, 1.807) is 25.9 Å². The molecule has 0 bridgehead atoms. The highest BCUT2D eigenvalue weighted by Crippen LogP contribution is 2.62. The number of amides is 3. The first-order valence-electron chi connectivity index (χ1n) is 14.5. The number of carbonyl (C=O) groups excluding carboxylic acids is 6. The Bertz CT molecular complexity index is 1740. The molecule has 3 aliphatic rings. The van der Waals surface area contributed by atoms with E-state index >= 15 is 0 Å². The summed E-state index contributed by atoms with van der Waals surface area (Å²) in [6.45, 7) is 3.08. The molecule has 46 heavy (non-hydrogen) atoms. The van der Waals surface area contributed by atoms with Gasteiger partial charge in [-0.3, -0.25) is 28.9 Å². The number of aromatic hydroxyl groups is 1. The lowest BCUT2D eigenvalue weighted by Crippen LogP contribution is -2.79. The Labute approximate surface area is 263 Å². The number of nitrogens with one attached hydrogen (secondary N) is 2. The molecule has 0 radical (unpaired) electrons. The Balaban J connectivity index is 1.64. The van der Waals surface area contributed by atoms with E-state index in [1.165, 1.54) is 50.2 Å². The number of aliphatic hydroxyl groups is 1. The van der Waals surface area contributed by atoms with Gasteiger partial charge in [-0.1, -0.05) is 19.9 Å². The Morgan fingerprint density at radius 1 is 1.02 bits per heavy atom. The van der Waals surface area contributed by atoms with Crippen molar-refractivity contribution in [3.63, 3.8) is 0 Å². The van der Waals surface area contributed by atoms with E-state index in [0.29, 0.717) is 11.3 Å². The summed E-state index contributed by atoms with van der Waals surface area (Å²) in [5, 5.41) is 28.4. The van der Waals surface area contributed by atoms with Crippen LogP contribution in [0.1, 0.15) is 36.2 Å². The largest absolute Gasteiger partial charge is 0.505 e. The molecular weight excluding hydrogens is 601 g/mol. The second-order valence-corrected chi connectivity index (χ2v) is 13.4. The van der Waals surface area contributed by atoms with Crippen LogP contribution in [0.3, 0.4) is 0 Å². The molecule has 0 heterocycles. The van der Waals surface area contributed by atoms with Crippen molar-refractivity contribution >= 4 is 52.1 Å². The first kappa shape index (κ1) is 32.7. The van der Waals surface area contributed by atoms with Crippen LogP contribution in [0.4, 0.5) is 26.2 Å². The average molecular weight is 638 g/mol. The van der Waals surface area contributed by atoms with Gasteiger partial charge in [-0.05, 0) is 62.2 Å². The van der Waals surface area contributed by atoms with Crippen LogP contribution >= 0.6 is 0 Å². The van der Waals surface area contributed by atoms with Crippen molar-refractivity contribution in [1.29, 1.82) is 0 Å². The van der Waals surface area contributed by atoms with Crippen molar-refractivity contribution in [1.82, 2.24) is 4.90 Å². The molecule has 6 N–H and O–H groups in total. The molecule has 6 atom stereocenters. The summed E-state index contributed by atoms with van der Waals surface area (Å²) in [7, 11) is 6.39. The van der Waals surface area contributed by atoms with E-state index in [1.807, 2.05) is 0 Å². The average Bonchev–Trinajstić information content (AvgIpc) is 2.91. The number of hydrogen-bond donors (Lipinski definition) is 5. The number of primary amides is 1. The fourth-order valence-electron chi connectivity index (χ4n) is 8.11. The number of ketones is 4. The molecule has 0 aliphatic heterocycles. The Kier molecular flexibility index (Phi) is 7.60. The summed E-state index contributed by atoms with van der Waals surface area (Å²) in [6, 6.07) is 4.42. The lowest BCUT2D eigenvalue weighted by molar-refractivity contribution is -0.203. The molecule has 13 nitrogen and oxygen atoms in total. The summed E-state index contributed by atoms with van der Waals surface area (Å²) in [5.41, 5.74) is -0.100. The number of carbonyl (C=O) groups is 6. The van der Waals surface area contributed by atoms with Gasteiger partial charge in [-0.25, -0.2) is 9.18 Å². The van der Waals surface area contributed by atoms with Gasteiger partial charge in [0.25, 0.3) is 0 Å². The number of rotatable bonds is 5. The summed E-state index contributed by atoms with van der Waals surface area (Å²) in [4.78, 5) is 84.4. The third-order valence-electron chi connectivity index (χ3n) is 9.78. The smallest absolute Gasteiger partial charge is 0.323 e. The van der Waals surface area contributed by atoms with Crippen LogP contribution < -0.4 is 21.3 Å². The van der Waals surface area contributed by atoms with Crippen molar-refractivity contribution in [3.8, 4) is 5.75 Å². The second kappa shape index (κ2) is 10.7. The van der Waals surface area contributed by atoms with E-state index in [2.05, 4.69) is 10.6 Å². The fraction of sp³-hybridized carbons (Fsp3) is 0.438. The van der Waals surface area contributed by atoms with E-state index in [0.717, 1.165) is 6.07 Å². The number of nitrogens with two attached hydrogens (primary N) is 1. The predicted octanol–water partition coefficient (Wildman–Crippen LogP) is 1.50. The standard InChI is InChI=1S/C32H36FN5O8/c1-30-12-16-18(37(3)4)11-17(36-29(45)35-15-9-7-8-14(33)10-15)22(39)19(16)23(40)21(30)27(43)32(46)26(42)20(28(34)44)24(41)25(38(5)6)31(32,2)13-30/h7-11,20-21,25,39,46H,12-13H2,1-6H3,(H2,34,44)(H2,35,36,45)/t20?,21?,25-,30+,31+,32-/m1/s1. The molecule has 3 amide bonds. The number of halogens is 1. The Morgan fingerprint density at radius 2 is 1.67 bits per heavy atom. The van der Waals surface area contributed by atoms with Gasteiger partial charge in [-0.2, -0.15) is 0 Å². The van der Waals surface area contributed by atoms with Gasteiger partial charge in [-0.15, -0.1) is 0 Å². The van der Waals surface area contributed by atoms with Gasteiger partial charge in [0, 0.05) is 30.9 Å². The molecule has 3 aliphatic carbocycles. The van der Waals surface area contributed by atoms with Crippen LogP contribution in [0.15, 0.2) is 30.3 Å². The minimum absolute atomic E-state index is 0.00870. The third-order valence-corrected chi connectivity index (χ3v) is 9.78. The normalized spacial score (nSPS) is 30.3. The van der Waals surface area contributed by atoms with Crippen molar-refractivity contribution in [2.75, 3.05) is 43.7 Å². The van der Waals surface area contributed by atoms with Gasteiger partial charge in [0.1, 0.15) is 11.6 Å². The zero-order valence-electron chi connectivity index (χ0n) is 26.2. The maximum atomic E-state index is 14.4. The van der Waals surface area contributed by atoms with E-state index in [4.69, 9.17) is 5.73 Å². The summed E-state index contributed by atoms with van der Waals surface area (Å²) in [5.74, 6) is -10.6. The molecular formula is C32H36FN5O8. The van der Waals surface area contributed by atoms with E-state index < -0.39 is 80.9 Å². The number of benzene rings is 2.